The van der Waals surface area contributed by atoms with Gasteiger partial charge in [0.05, 0.1) is 5.56 Å². The fourth-order valence-corrected chi connectivity index (χ4v) is 2.37. The Hall–Kier alpha value is -1.94. The number of amides is 1. The normalized spacial score (nSPS) is 10.1. The van der Waals surface area contributed by atoms with Crippen LogP contribution in [0.25, 0.3) is 0 Å². The second-order valence-electron chi connectivity index (χ2n) is 3.53. The lowest BCUT2D eigenvalue weighted by molar-refractivity contribution is 0.0997. The number of primary amides is 1. The summed E-state index contributed by atoms with van der Waals surface area (Å²) in [5, 5.41) is 0. The van der Waals surface area contributed by atoms with Crippen LogP contribution in [0.5, 0.6) is 0 Å². The predicted octanol–water partition coefficient (Wildman–Crippen LogP) is 2.52. The van der Waals surface area contributed by atoms with Crippen molar-refractivity contribution in [2.45, 2.75) is 9.79 Å². The third-order valence-electron chi connectivity index (χ3n) is 2.26. The van der Waals surface area contributed by atoms with Gasteiger partial charge in [-0.05, 0) is 36.4 Å². The van der Waals surface area contributed by atoms with Crippen molar-refractivity contribution >= 4 is 23.4 Å². The maximum absolute atomic E-state index is 11.3. The van der Waals surface area contributed by atoms with Crippen LogP contribution in [0.15, 0.2) is 58.3 Å². The summed E-state index contributed by atoms with van der Waals surface area (Å²) in [6.45, 7) is 0. The van der Waals surface area contributed by atoms with E-state index in [2.05, 4.69) is 0 Å². The Balaban J connectivity index is 2.30. The molecule has 0 spiro atoms. The zero-order valence-corrected chi connectivity index (χ0v) is 9.91. The predicted molar refractivity (Wildman–Crippen MR) is 69.9 cm³/mol. The average molecular weight is 244 g/mol. The minimum absolute atomic E-state index is 0.413. The van der Waals surface area contributed by atoms with E-state index in [0.29, 0.717) is 5.56 Å². The smallest absolute Gasteiger partial charge is 0.249 e. The first-order valence-corrected chi connectivity index (χ1v) is 5.90. The highest BCUT2D eigenvalue weighted by atomic mass is 32.2. The summed E-state index contributed by atoms with van der Waals surface area (Å²) in [4.78, 5) is 13.1. The van der Waals surface area contributed by atoms with Gasteiger partial charge < -0.3 is 11.5 Å². The second kappa shape index (κ2) is 4.93. The molecular weight excluding hydrogens is 232 g/mol. The summed E-state index contributed by atoms with van der Waals surface area (Å²) in [5.74, 6) is -0.413. The molecular formula is C13H12N2OS. The van der Waals surface area contributed by atoms with Crippen molar-refractivity contribution in [3.63, 3.8) is 0 Å². The number of rotatable bonds is 3. The van der Waals surface area contributed by atoms with Crippen LogP contribution in [-0.2, 0) is 0 Å². The van der Waals surface area contributed by atoms with Crippen molar-refractivity contribution < 1.29 is 4.79 Å². The summed E-state index contributed by atoms with van der Waals surface area (Å²) in [6, 6.07) is 14.8. The number of nitrogens with two attached hydrogens (primary N) is 2. The van der Waals surface area contributed by atoms with E-state index in [1.54, 1.807) is 12.1 Å². The average Bonchev–Trinajstić information content (AvgIpc) is 2.32. The molecule has 3 nitrogen and oxygen atoms in total. The van der Waals surface area contributed by atoms with E-state index in [9.17, 15) is 4.79 Å². The molecule has 0 atom stereocenters. The molecule has 2 aromatic carbocycles. The van der Waals surface area contributed by atoms with Gasteiger partial charge in [0.2, 0.25) is 5.91 Å². The summed E-state index contributed by atoms with van der Waals surface area (Å²) < 4.78 is 0. The molecule has 0 aliphatic carbocycles. The van der Waals surface area contributed by atoms with Crippen LogP contribution in [0.3, 0.4) is 0 Å². The zero-order chi connectivity index (χ0) is 12.3. The molecule has 0 heterocycles. The van der Waals surface area contributed by atoms with Gasteiger partial charge in [0, 0.05) is 15.5 Å². The Bertz CT molecular complexity index is 537. The highest BCUT2D eigenvalue weighted by Crippen LogP contribution is 2.30. The number of benzene rings is 2. The van der Waals surface area contributed by atoms with Gasteiger partial charge in [0.15, 0.2) is 0 Å². The Morgan fingerprint density at radius 3 is 2.29 bits per heavy atom. The topological polar surface area (TPSA) is 69.1 Å². The third-order valence-corrected chi connectivity index (χ3v) is 3.34. The molecule has 86 valence electrons. The molecule has 1 amide bonds. The lowest BCUT2D eigenvalue weighted by atomic mass is 10.2. The summed E-state index contributed by atoms with van der Waals surface area (Å²) in [5.41, 5.74) is 12.2. The Labute approximate surface area is 104 Å². The van der Waals surface area contributed by atoms with Gasteiger partial charge >= 0.3 is 0 Å². The molecule has 0 unspecified atom stereocenters. The molecule has 4 N–H and O–H groups in total. The van der Waals surface area contributed by atoms with Gasteiger partial charge in [-0.25, -0.2) is 0 Å². The maximum Gasteiger partial charge on any atom is 0.249 e. The summed E-state index contributed by atoms with van der Waals surface area (Å²) in [7, 11) is 0. The van der Waals surface area contributed by atoms with Gasteiger partial charge in [-0.3, -0.25) is 4.79 Å². The van der Waals surface area contributed by atoms with E-state index in [4.69, 9.17) is 11.5 Å². The summed E-state index contributed by atoms with van der Waals surface area (Å²) >= 11 is 1.49. The van der Waals surface area contributed by atoms with Crippen LogP contribution in [-0.4, -0.2) is 5.91 Å². The largest absolute Gasteiger partial charge is 0.399 e. The molecule has 0 aromatic heterocycles. The highest BCUT2D eigenvalue weighted by molar-refractivity contribution is 7.99. The Morgan fingerprint density at radius 1 is 1.00 bits per heavy atom. The van der Waals surface area contributed by atoms with Gasteiger partial charge in [0.25, 0.3) is 0 Å². The van der Waals surface area contributed by atoms with Gasteiger partial charge in [0.1, 0.15) is 0 Å². The molecule has 0 saturated heterocycles. The quantitative estimate of drug-likeness (QED) is 0.815. The molecule has 0 fully saturated rings. The van der Waals surface area contributed by atoms with Gasteiger partial charge in [-0.1, -0.05) is 23.9 Å². The molecule has 4 heteroatoms. The SMILES string of the molecule is NC(=O)c1ccccc1Sc1ccc(N)cc1. The molecule has 17 heavy (non-hydrogen) atoms. The lowest BCUT2D eigenvalue weighted by Gasteiger charge is -2.06. The van der Waals surface area contributed by atoms with E-state index < -0.39 is 5.91 Å². The highest BCUT2D eigenvalue weighted by Gasteiger charge is 2.08. The number of nitrogen functional groups attached to an aromatic ring is 1. The number of carbonyl (C=O) groups is 1. The van der Waals surface area contributed by atoms with Gasteiger partial charge in [-0.15, -0.1) is 0 Å². The van der Waals surface area contributed by atoms with Crippen LogP contribution in [0.1, 0.15) is 10.4 Å². The van der Waals surface area contributed by atoms with Crippen molar-refractivity contribution in [3.8, 4) is 0 Å². The third kappa shape index (κ3) is 2.79. The number of hydrogen-bond donors (Lipinski definition) is 2. The first kappa shape index (κ1) is 11.5. The van der Waals surface area contributed by atoms with Crippen molar-refractivity contribution in [2.75, 3.05) is 5.73 Å². The fourth-order valence-electron chi connectivity index (χ4n) is 1.42. The Morgan fingerprint density at radius 2 is 1.65 bits per heavy atom. The van der Waals surface area contributed by atoms with Crippen LogP contribution >= 0.6 is 11.8 Å². The first-order valence-electron chi connectivity index (χ1n) is 5.09. The minimum atomic E-state index is -0.413. The molecule has 0 radical (unpaired) electrons. The van der Waals surface area contributed by atoms with E-state index in [1.165, 1.54) is 11.8 Å². The van der Waals surface area contributed by atoms with Gasteiger partial charge in [-0.2, -0.15) is 0 Å². The van der Waals surface area contributed by atoms with E-state index in [-0.39, 0.29) is 0 Å². The van der Waals surface area contributed by atoms with Crippen molar-refractivity contribution in [2.24, 2.45) is 5.73 Å². The van der Waals surface area contributed by atoms with Crippen LogP contribution in [0.2, 0.25) is 0 Å². The molecule has 0 aliphatic heterocycles. The molecule has 0 bridgehead atoms. The van der Waals surface area contributed by atoms with E-state index >= 15 is 0 Å². The monoisotopic (exact) mass is 244 g/mol. The minimum Gasteiger partial charge on any atom is -0.399 e. The summed E-state index contributed by atoms with van der Waals surface area (Å²) in [6.07, 6.45) is 0. The van der Waals surface area contributed by atoms with Crippen molar-refractivity contribution in [3.05, 3.63) is 54.1 Å². The fraction of sp³-hybridized carbons (Fsp3) is 0. The van der Waals surface area contributed by atoms with E-state index in [1.807, 2.05) is 36.4 Å². The zero-order valence-electron chi connectivity index (χ0n) is 9.09. The van der Waals surface area contributed by atoms with E-state index in [0.717, 1.165) is 15.5 Å². The van der Waals surface area contributed by atoms with Crippen molar-refractivity contribution in [1.82, 2.24) is 0 Å². The molecule has 2 rings (SSSR count). The number of anilines is 1. The van der Waals surface area contributed by atoms with Crippen LogP contribution in [0, 0.1) is 0 Å². The first-order chi connectivity index (χ1) is 8.16. The lowest BCUT2D eigenvalue weighted by Crippen LogP contribution is -2.11. The Kier molecular flexibility index (Phi) is 3.35. The maximum atomic E-state index is 11.3. The van der Waals surface area contributed by atoms with Crippen molar-refractivity contribution in [1.29, 1.82) is 0 Å². The molecule has 0 aliphatic rings. The van der Waals surface area contributed by atoms with Crippen LogP contribution in [0.4, 0.5) is 5.69 Å². The molecule has 2 aromatic rings. The number of carbonyl (C=O) groups excluding carboxylic acids is 1. The molecule has 0 saturated carbocycles. The standard InChI is InChI=1S/C13H12N2OS/c14-9-5-7-10(8-6-9)17-12-4-2-1-3-11(12)13(15)16/h1-8H,14H2,(H2,15,16). The second-order valence-corrected chi connectivity index (χ2v) is 4.65. The number of hydrogen-bond acceptors (Lipinski definition) is 3. The van der Waals surface area contributed by atoms with Crippen LogP contribution < -0.4 is 11.5 Å².